The molecule has 0 N–H and O–H groups in total. The van der Waals surface area contributed by atoms with Gasteiger partial charge in [0.15, 0.2) is 0 Å². The first-order chi connectivity index (χ1) is 3.12. The van der Waals surface area contributed by atoms with Gasteiger partial charge in [0.2, 0.25) is 0 Å². The van der Waals surface area contributed by atoms with Crippen LogP contribution in [0.1, 0.15) is 13.8 Å². The lowest BCUT2D eigenvalue weighted by Crippen LogP contribution is -2.24. The van der Waals surface area contributed by atoms with E-state index in [1.54, 1.807) is 0 Å². The van der Waals surface area contributed by atoms with E-state index in [2.05, 4.69) is 0 Å². The third-order valence-corrected chi connectivity index (χ3v) is 2.62. The Morgan fingerprint density at radius 1 is 1.71 bits per heavy atom. The Bertz CT molecular complexity index is 49.7. The third kappa shape index (κ3) is 3.09. The Kier molecular flexibility index (Phi) is 2.88. The van der Waals surface area contributed by atoms with Gasteiger partial charge in [-0.1, -0.05) is 0 Å². The van der Waals surface area contributed by atoms with Crippen molar-refractivity contribution in [2.24, 2.45) is 0 Å². The van der Waals surface area contributed by atoms with Gasteiger partial charge in [0.25, 0.3) is 0 Å². The van der Waals surface area contributed by atoms with Crippen LogP contribution in [0, 0.1) is 0 Å². The maximum atomic E-state index is 5.49. The molecule has 0 rings (SSSR count). The Morgan fingerprint density at radius 2 is 2.14 bits per heavy atom. The molecule has 0 saturated heterocycles. The van der Waals surface area contributed by atoms with Crippen LogP contribution in [-0.4, -0.2) is 22.0 Å². The summed E-state index contributed by atoms with van der Waals surface area (Å²) in [7, 11) is 0.773. The molecule has 7 heavy (non-hydrogen) atoms. The van der Waals surface area contributed by atoms with E-state index in [0.717, 1.165) is 10.5 Å². The van der Waals surface area contributed by atoms with E-state index in [4.69, 9.17) is 16.0 Å². The Morgan fingerprint density at radius 3 is 2.14 bits per heavy atom. The van der Waals surface area contributed by atoms with Crippen LogP contribution in [0.3, 0.4) is 0 Å². The van der Waals surface area contributed by atoms with Crippen LogP contribution < -0.4 is 0 Å². The minimum absolute atomic E-state index is 0.0895. The molecule has 0 aromatic carbocycles. The molecule has 0 radical (unpaired) electrons. The van der Waals surface area contributed by atoms with Gasteiger partial charge in [0, 0.05) is 5.88 Å². The van der Waals surface area contributed by atoms with E-state index in [9.17, 15) is 0 Å². The number of hydrogen-bond acceptors (Lipinski definition) is 1. The second-order valence-corrected chi connectivity index (χ2v) is 2.77. The van der Waals surface area contributed by atoms with Crippen molar-refractivity contribution in [3.63, 3.8) is 0 Å². The lowest BCUT2D eigenvalue weighted by Gasteiger charge is -2.19. The molecule has 0 heterocycles. The van der Waals surface area contributed by atoms with Gasteiger partial charge in [-0.15, -0.1) is 11.6 Å². The normalized spacial score (nSPS) is 12.4. The summed E-state index contributed by atoms with van der Waals surface area (Å²) in [5, 5.41) is 0. The van der Waals surface area contributed by atoms with Crippen molar-refractivity contribution in [2.75, 3.05) is 5.88 Å². The predicted octanol–water partition coefficient (Wildman–Crippen LogP) is 0.301. The van der Waals surface area contributed by atoms with E-state index >= 15 is 0 Å². The minimum atomic E-state index is -0.0895. The smallest absolute Gasteiger partial charge is 0.146 e. The zero-order chi connectivity index (χ0) is 5.91. The monoisotopic (exact) mass is 138 g/mol. The molecule has 44 valence electrons. The fraction of sp³-hybridized carbons (Fsp3) is 1.00. The van der Waals surface area contributed by atoms with E-state index in [1.165, 1.54) is 0 Å². The second-order valence-electron chi connectivity index (χ2n) is 2.10. The van der Waals surface area contributed by atoms with Crippen molar-refractivity contribution in [2.45, 2.75) is 19.4 Å². The minimum Gasteiger partial charge on any atom is -0.422 e. The first-order valence-corrected chi connectivity index (χ1v) is 3.58. The van der Waals surface area contributed by atoms with Crippen LogP contribution in [0.4, 0.5) is 0 Å². The van der Waals surface area contributed by atoms with Crippen LogP contribution >= 0.6 is 11.6 Å². The average molecular weight is 139 g/mol. The number of halogens is 1. The molecule has 0 bridgehead atoms. The SMILES string of the molecule is CC(C)(CCl)O[SiH3]. The highest BCUT2D eigenvalue weighted by Gasteiger charge is 2.11. The lowest BCUT2D eigenvalue weighted by molar-refractivity contribution is 0.150. The number of rotatable bonds is 2. The standard InChI is InChI=1S/C4H11ClOSi/c1-4(2,3-5)6-7/h3H2,1-2,7H3. The van der Waals surface area contributed by atoms with Gasteiger partial charge in [-0.05, 0) is 13.8 Å². The summed E-state index contributed by atoms with van der Waals surface area (Å²) in [5.74, 6) is 0.580. The maximum Gasteiger partial charge on any atom is 0.146 e. The van der Waals surface area contributed by atoms with Crippen molar-refractivity contribution >= 4 is 22.1 Å². The molecule has 0 aromatic heterocycles. The highest BCUT2D eigenvalue weighted by atomic mass is 35.5. The van der Waals surface area contributed by atoms with E-state index in [0.29, 0.717) is 5.88 Å². The van der Waals surface area contributed by atoms with Gasteiger partial charge < -0.3 is 4.43 Å². The summed E-state index contributed by atoms with van der Waals surface area (Å²) in [6.07, 6.45) is 0. The van der Waals surface area contributed by atoms with Crippen molar-refractivity contribution < 1.29 is 4.43 Å². The fourth-order valence-corrected chi connectivity index (χ4v) is 0.491. The lowest BCUT2D eigenvalue weighted by atomic mass is 10.2. The second kappa shape index (κ2) is 2.70. The van der Waals surface area contributed by atoms with Gasteiger partial charge >= 0.3 is 0 Å². The summed E-state index contributed by atoms with van der Waals surface area (Å²) in [4.78, 5) is 0. The molecule has 0 amide bonds. The third-order valence-electron chi connectivity index (χ3n) is 0.874. The molecule has 0 atom stereocenters. The van der Waals surface area contributed by atoms with Crippen molar-refractivity contribution in [1.29, 1.82) is 0 Å². The molecule has 0 aliphatic heterocycles. The van der Waals surface area contributed by atoms with Crippen molar-refractivity contribution in [3.8, 4) is 0 Å². The van der Waals surface area contributed by atoms with Crippen LogP contribution in [0.2, 0.25) is 0 Å². The average Bonchev–Trinajstić information content (AvgIpc) is 1.68. The molecule has 0 aliphatic carbocycles. The molecule has 0 spiro atoms. The summed E-state index contributed by atoms with van der Waals surface area (Å²) < 4.78 is 5.09. The molecule has 0 unspecified atom stereocenters. The van der Waals surface area contributed by atoms with Gasteiger partial charge in [0.1, 0.15) is 10.5 Å². The quantitative estimate of drug-likeness (QED) is 0.394. The Hall–Kier alpha value is 0.467. The largest absolute Gasteiger partial charge is 0.422 e. The number of alkyl halides is 1. The summed E-state index contributed by atoms with van der Waals surface area (Å²) in [6, 6.07) is 0. The van der Waals surface area contributed by atoms with Crippen LogP contribution in [0.15, 0.2) is 0 Å². The molecule has 0 aromatic rings. The number of hydrogen-bond donors (Lipinski definition) is 0. The van der Waals surface area contributed by atoms with Gasteiger partial charge in [-0.2, -0.15) is 0 Å². The highest BCUT2D eigenvalue weighted by Crippen LogP contribution is 2.07. The van der Waals surface area contributed by atoms with E-state index in [1.807, 2.05) is 13.8 Å². The maximum absolute atomic E-state index is 5.49. The van der Waals surface area contributed by atoms with Gasteiger partial charge in [-0.25, -0.2) is 0 Å². The van der Waals surface area contributed by atoms with E-state index < -0.39 is 0 Å². The van der Waals surface area contributed by atoms with Gasteiger partial charge in [-0.3, -0.25) is 0 Å². The van der Waals surface area contributed by atoms with Crippen LogP contribution in [0.5, 0.6) is 0 Å². The zero-order valence-electron chi connectivity index (χ0n) is 4.99. The molecule has 0 saturated carbocycles. The first kappa shape index (κ1) is 7.47. The molecule has 0 aliphatic rings. The topological polar surface area (TPSA) is 9.23 Å². The Balaban J connectivity index is 3.36. The first-order valence-electron chi connectivity index (χ1n) is 2.23. The molecule has 1 nitrogen and oxygen atoms in total. The van der Waals surface area contributed by atoms with Crippen molar-refractivity contribution in [3.05, 3.63) is 0 Å². The summed E-state index contributed by atoms with van der Waals surface area (Å²) in [6.45, 7) is 3.96. The predicted molar refractivity (Wildman–Crippen MR) is 35.8 cm³/mol. The molecule has 3 heteroatoms. The van der Waals surface area contributed by atoms with Crippen LogP contribution in [-0.2, 0) is 4.43 Å². The molecule has 0 fully saturated rings. The van der Waals surface area contributed by atoms with E-state index in [-0.39, 0.29) is 5.60 Å². The van der Waals surface area contributed by atoms with Crippen molar-refractivity contribution in [1.82, 2.24) is 0 Å². The fourth-order valence-electron chi connectivity index (χ4n) is 0.0546. The highest BCUT2D eigenvalue weighted by molar-refractivity contribution is 6.18. The van der Waals surface area contributed by atoms with Gasteiger partial charge in [0.05, 0.1) is 5.60 Å². The van der Waals surface area contributed by atoms with Crippen LogP contribution in [0.25, 0.3) is 0 Å². The molecular weight excluding hydrogens is 128 g/mol. The zero-order valence-corrected chi connectivity index (χ0v) is 7.75. The Labute approximate surface area is 52.5 Å². The molecular formula is C4H11ClOSi. The summed E-state index contributed by atoms with van der Waals surface area (Å²) >= 11 is 5.49. The summed E-state index contributed by atoms with van der Waals surface area (Å²) in [5.41, 5.74) is -0.0895.